The fourth-order valence-electron chi connectivity index (χ4n) is 3.70. The van der Waals surface area contributed by atoms with Gasteiger partial charge in [-0.2, -0.15) is 5.26 Å². The zero-order chi connectivity index (χ0) is 19.7. The molecule has 1 aliphatic heterocycles. The number of anilines is 1. The monoisotopic (exact) mass is 379 g/mol. The minimum absolute atomic E-state index is 0.0696. The Labute approximate surface area is 161 Å². The lowest BCUT2D eigenvalue weighted by molar-refractivity contribution is 0.0846. The van der Waals surface area contributed by atoms with Gasteiger partial charge in [-0.25, -0.2) is 19.7 Å². The molecule has 3 aromatic rings. The molecular weight excluding hydrogens is 358 g/mol. The molecule has 1 amide bonds. The Hall–Kier alpha value is -3.41. The molecule has 4 heterocycles. The van der Waals surface area contributed by atoms with E-state index in [2.05, 4.69) is 32.1 Å². The van der Waals surface area contributed by atoms with Crippen molar-refractivity contribution in [3.8, 4) is 6.07 Å². The highest BCUT2D eigenvalue weighted by atomic mass is 16.6. The van der Waals surface area contributed by atoms with Crippen molar-refractivity contribution in [2.24, 2.45) is 0 Å². The number of nitrogens with zero attached hydrogens (tertiary/aromatic N) is 5. The number of nitriles is 1. The number of carbonyl (C=O) groups excluding carboxylic acids is 1. The molecule has 144 valence electrons. The number of piperidine rings is 1. The van der Waals surface area contributed by atoms with E-state index in [1.807, 2.05) is 25.3 Å². The molecule has 1 saturated heterocycles. The highest BCUT2D eigenvalue weighted by Crippen LogP contribution is 2.33. The maximum Gasteiger partial charge on any atom is 0.408 e. The molecule has 9 nitrogen and oxygen atoms in total. The van der Waals surface area contributed by atoms with Gasteiger partial charge < -0.3 is 19.9 Å². The van der Waals surface area contributed by atoms with Gasteiger partial charge in [0.05, 0.1) is 29.7 Å². The molecule has 0 spiro atoms. The summed E-state index contributed by atoms with van der Waals surface area (Å²) in [5.74, 6) is 1.49. The van der Waals surface area contributed by atoms with Crippen LogP contribution in [0.2, 0.25) is 0 Å². The van der Waals surface area contributed by atoms with E-state index in [0.29, 0.717) is 12.4 Å². The summed E-state index contributed by atoms with van der Waals surface area (Å²) in [5, 5.41) is 12.9. The van der Waals surface area contributed by atoms with Gasteiger partial charge >= 0.3 is 6.09 Å². The third-order valence-electron chi connectivity index (χ3n) is 5.04. The summed E-state index contributed by atoms with van der Waals surface area (Å²) in [6, 6.07) is 4.08. The number of hydrogen-bond acceptors (Lipinski definition) is 7. The summed E-state index contributed by atoms with van der Waals surface area (Å²) < 4.78 is 5.50. The second-order valence-corrected chi connectivity index (χ2v) is 6.97. The maximum absolute atomic E-state index is 11.9. The van der Waals surface area contributed by atoms with E-state index in [1.54, 1.807) is 6.20 Å². The lowest BCUT2D eigenvalue weighted by atomic mass is 10.0. The SMILES string of the molecule is Cc1nc(N2CC(OC(=O)NCC#N)CCC2C)c2c(cnc3[nH]ccc32)n1. The normalized spacial score (nSPS) is 19.5. The fraction of sp³-hybridized carbons (Fsp3) is 0.421. The summed E-state index contributed by atoms with van der Waals surface area (Å²) in [6.45, 7) is 4.47. The van der Waals surface area contributed by atoms with Crippen LogP contribution in [0.1, 0.15) is 25.6 Å². The molecule has 0 aliphatic carbocycles. The number of nitrogens with one attached hydrogen (secondary N) is 2. The number of alkyl carbamates (subject to hydrolysis) is 1. The van der Waals surface area contributed by atoms with E-state index in [9.17, 15) is 4.79 Å². The number of hydrogen-bond donors (Lipinski definition) is 2. The summed E-state index contributed by atoms with van der Waals surface area (Å²) in [5.41, 5.74) is 1.58. The summed E-state index contributed by atoms with van der Waals surface area (Å²) >= 11 is 0. The van der Waals surface area contributed by atoms with Gasteiger partial charge in [-0.1, -0.05) is 0 Å². The quantitative estimate of drug-likeness (QED) is 0.671. The predicted molar refractivity (Wildman–Crippen MR) is 104 cm³/mol. The van der Waals surface area contributed by atoms with Crippen LogP contribution in [-0.4, -0.2) is 51.3 Å². The number of H-pyrrole nitrogens is 1. The molecule has 2 atom stereocenters. The number of aromatic amines is 1. The molecule has 0 aromatic carbocycles. The van der Waals surface area contributed by atoms with Crippen molar-refractivity contribution in [3.63, 3.8) is 0 Å². The van der Waals surface area contributed by atoms with E-state index in [4.69, 9.17) is 15.0 Å². The van der Waals surface area contributed by atoms with E-state index < -0.39 is 6.09 Å². The Kier molecular flexibility index (Phi) is 4.69. The number of aromatic nitrogens is 4. The first-order valence-electron chi connectivity index (χ1n) is 9.25. The second kappa shape index (κ2) is 7.31. The van der Waals surface area contributed by atoms with Crippen molar-refractivity contribution >= 4 is 33.8 Å². The molecule has 28 heavy (non-hydrogen) atoms. The number of pyridine rings is 1. The second-order valence-electron chi connectivity index (χ2n) is 6.97. The van der Waals surface area contributed by atoms with Crippen LogP contribution >= 0.6 is 0 Å². The molecule has 1 aliphatic rings. The van der Waals surface area contributed by atoms with Crippen molar-refractivity contribution < 1.29 is 9.53 Å². The number of carbonyl (C=O) groups is 1. The lowest BCUT2D eigenvalue weighted by Crippen LogP contribution is -2.47. The largest absolute Gasteiger partial charge is 0.444 e. The van der Waals surface area contributed by atoms with Crippen molar-refractivity contribution in [2.45, 2.75) is 38.8 Å². The van der Waals surface area contributed by atoms with Crippen LogP contribution in [0.15, 0.2) is 18.5 Å². The van der Waals surface area contributed by atoms with E-state index in [0.717, 1.165) is 40.6 Å². The molecule has 2 N–H and O–H groups in total. The highest BCUT2D eigenvalue weighted by Gasteiger charge is 2.30. The third kappa shape index (κ3) is 3.29. The van der Waals surface area contributed by atoms with Gasteiger partial charge in [0.1, 0.15) is 29.9 Å². The van der Waals surface area contributed by atoms with Crippen molar-refractivity contribution in [2.75, 3.05) is 18.0 Å². The molecule has 3 aromatic heterocycles. The van der Waals surface area contributed by atoms with Crippen molar-refractivity contribution in [1.82, 2.24) is 25.3 Å². The maximum atomic E-state index is 11.9. The van der Waals surface area contributed by atoms with E-state index >= 15 is 0 Å². The minimum Gasteiger partial charge on any atom is -0.444 e. The Bertz CT molecular complexity index is 1070. The van der Waals surface area contributed by atoms with Gasteiger partial charge in [0.25, 0.3) is 0 Å². The van der Waals surface area contributed by atoms with Crippen LogP contribution in [0.25, 0.3) is 21.9 Å². The van der Waals surface area contributed by atoms with E-state index in [-0.39, 0.29) is 18.7 Å². The zero-order valence-electron chi connectivity index (χ0n) is 15.8. The topological polar surface area (TPSA) is 120 Å². The minimum atomic E-state index is -0.568. The molecular formula is C19H21N7O2. The molecule has 0 bridgehead atoms. The first-order valence-corrected chi connectivity index (χ1v) is 9.25. The summed E-state index contributed by atoms with van der Waals surface area (Å²) in [6.07, 6.45) is 4.39. The molecule has 1 fully saturated rings. The van der Waals surface area contributed by atoms with Crippen LogP contribution in [0.3, 0.4) is 0 Å². The molecule has 0 radical (unpaired) electrons. The lowest BCUT2D eigenvalue weighted by Gasteiger charge is -2.38. The molecule has 9 heteroatoms. The fourth-order valence-corrected chi connectivity index (χ4v) is 3.70. The number of fused-ring (bicyclic) bond motifs is 3. The number of aryl methyl sites for hydroxylation is 1. The Morgan fingerprint density at radius 2 is 2.32 bits per heavy atom. The first-order chi connectivity index (χ1) is 13.6. The summed E-state index contributed by atoms with van der Waals surface area (Å²) in [7, 11) is 0. The molecule has 0 saturated carbocycles. The standard InChI is InChI=1S/C19H21N7O2/c1-11-3-4-13(28-19(27)22-8-6-20)10-26(11)18-16-14-5-7-21-17(14)23-9-15(16)24-12(2)25-18/h5,7,9,11,13H,3-4,8,10H2,1-2H3,(H,21,23)(H,22,27). The van der Waals surface area contributed by atoms with Gasteiger partial charge in [-0.15, -0.1) is 0 Å². The Morgan fingerprint density at radius 3 is 3.14 bits per heavy atom. The van der Waals surface area contributed by atoms with Gasteiger partial charge in [0.15, 0.2) is 0 Å². The van der Waals surface area contributed by atoms with Crippen LogP contribution in [0.4, 0.5) is 10.6 Å². The van der Waals surface area contributed by atoms with Gasteiger partial charge in [-0.05, 0) is 32.8 Å². The van der Waals surface area contributed by atoms with Crippen LogP contribution in [0.5, 0.6) is 0 Å². The Balaban J connectivity index is 1.70. The van der Waals surface area contributed by atoms with Crippen molar-refractivity contribution in [1.29, 1.82) is 5.26 Å². The number of rotatable bonds is 3. The van der Waals surface area contributed by atoms with Crippen LogP contribution in [-0.2, 0) is 4.74 Å². The molecule has 4 rings (SSSR count). The van der Waals surface area contributed by atoms with Gasteiger partial charge in [0, 0.05) is 17.6 Å². The third-order valence-corrected chi connectivity index (χ3v) is 5.04. The molecule has 2 unspecified atom stereocenters. The van der Waals surface area contributed by atoms with Crippen LogP contribution in [0, 0.1) is 18.3 Å². The highest BCUT2D eigenvalue weighted by molar-refractivity contribution is 6.09. The summed E-state index contributed by atoms with van der Waals surface area (Å²) in [4.78, 5) is 30.9. The van der Waals surface area contributed by atoms with Gasteiger partial charge in [-0.3, -0.25) is 0 Å². The average molecular weight is 379 g/mol. The van der Waals surface area contributed by atoms with Gasteiger partial charge in [0.2, 0.25) is 0 Å². The predicted octanol–water partition coefficient (Wildman–Crippen LogP) is 2.42. The first kappa shape index (κ1) is 18.0. The number of amides is 1. The van der Waals surface area contributed by atoms with Crippen LogP contribution < -0.4 is 10.2 Å². The zero-order valence-corrected chi connectivity index (χ0v) is 15.8. The number of ether oxygens (including phenoxy) is 1. The average Bonchev–Trinajstić information content (AvgIpc) is 3.16. The Morgan fingerprint density at radius 1 is 1.46 bits per heavy atom. The smallest absolute Gasteiger partial charge is 0.408 e. The van der Waals surface area contributed by atoms with Crippen molar-refractivity contribution in [3.05, 3.63) is 24.3 Å². The van der Waals surface area contributed by atoms with E-state index in [1.165, 1.54) is 0 Å².